The molecule has 3 rings (SSSR count). The van der Waals surface area contributed by atoms with E-state index in [9.17, 15) is 24.0 Å². The van der Waals surface area contributed by atoms with Crippen molar-refractivity contribution in [3.63, 3.8) is 0 Å². The lowest BCUT2D eigenvalue weighted by molar-refractivity contribution is -0.138. The monoisotopic (exact) mass is 373 g/mol. The van der Waals surface area contributed by atoms with Crippen molar-refractivity contribution in [1.82, 2.24) is 15.5 Å². The molecule has 0 bridgehead atoms. The van der Waals surface area contributed by atoms with Gasteiger partial charge in [0.15, 0.2) is 0 Å². The van der Waals surface area contributed by atoms with Crippen LogP contribution in [0.2, 0.25) is 0 Å². The Balaban J connectivity index is 1.81. The zero-order valence-corrected chi connectivity index (χ0v) is 14.7. The number of hydrogen-bond acceptors (Lipinski definition) is 5. The van der Waals surface area contributed by atoms with Gasteiger partial charge in [-0.15, -0.1) is 0 Å². The second kappa shape index (κ2) is 7.18. The number of imide groups is 1. The molecule has 1 fully saturated rings. The molecule has 2 aliphatic rings. The number of hydrogen-bond donors (Lipinski definition) is 3. The summed E-state index contributed by atoms with van der Waals surface area (Å²) >= 11 is 0. The van der Waals surface area contributed by atoms with Crippen molar-refractivity contribution in [2.24, 2.45) is 0 Å². The first-order valence-electron chi connectivity index (χ1n) is 8.57. The molecule has 0 aromatic heterocycles. The third-order valence-electron chi connectivity index (χ3n) is 4.69. The topological polar surface area (TPSA) is 133 Å². The fourth-order valence-electron chi connectivity index (χ4n) is 3.41. The Hall–Kier alpha value is -3.23. The van der Waals surface area contributed by atoms with Gasteiger partial charge in [-0.3, -0.25) is 29.3 Å². The Morgan fingerprint density at radius 3 is 2.74 bits per heavy atom. The normalized spacial score (nSPS) is 20.1. The summed E-state index contributed by atoms with van der Waals surface area (Å²) in [7, 11) is 0. The van der Waals surface area contributed by atoms with Gasteiger partial charge in [-0.1, -0.05) is 6.07 Å². The van der Waals surface area contributed by atoms with Crippen LogP contribution >= 0.6 is 0 Å². The summed E-state index contributed by atoms with van der Waals surface area (Å²) in [5, 5.41) is 13.7. The maximum absolute atomic E-state index is 12.7. The van der Waals surface area contributed by atoms with Gasteiger partial charge in [0.1, 0.15) is 6.04 Å². The smallest absolute Gasteiger partial charge is 0.305 e. The van der Waals surface area contributed by atoms with E-state index in [4.69, 9.17) is 5.11 Å². The van der Waals surface area contributed by atoms with E-state index in [0.717, 1.165) is 0 Å². The summed E-state index contributed by atoms with van der Waals surface area (Å²) in [4.78, 5) is 60.8. The van der Waals surface area contributed by atoms with Gasteiger partial charge < -0.3 is 15.3 Å². The van der Waals surface area contributed by atoms with Crippen LogP contribution in [0.5, 0.6) is 0 Å². The van der Waals surface area contributed by atoms with Crippen LogP contribution in [-0.2, 0) is 20.9 Å². The molecule has 2 atom stereocenters. The average Bonchev–Trinajstić information content (AvgIpc) is 2.91. The zero-order chi connectivity index (χ0) is 19.7. The van der Waals surface area contributed by atoms with E-state index in [1.165, 1.54) is 4.90 Å². The van der Waals surface area contributed by atoms with Gasteiger partial charge in [-0.05, 0) is 31.0 Å². The summed E-state index contributed by atoms with van der Waals surface area (Å²) < 4.78 is 0. The van der Waals surface area contributed by atoms with E-state index >= 15 is 0 Å². The highest BCUT2D eigenvalue weighted by Gasteiger charge is 2.40. The highest BCUT2D eigenvalue weighted by Crippen LogP contribution is 2.29. The van der Waals surface area contributed by atoms with Gasteiger partial charge in [-0.2, -0.15) is 0 Å². The van der Waals surface area contributed by atoms with Crippen LogP contribution in [0.25, 0.3) is 0 Å². The van der Waals surface area contributed by atoms with Crippen LogP contribution in [0.4, 0.5) is 0 Å². The van der Waals surface area contributed by atoms with Crippen molar-refractivity contribution in [3.8, 4) is 0 Å². The second-order valence-electron chi connectivity index (χ2n) is 6.70. The van der Waals surface area contributed by atoms with Gasteiger partial charge in [0, 0.05) is 30.1 Å². The minimum atomic E-state index is -1.03. The molecule has 142 valence electrons. The highest BCUT2D eigenvalue weighted by molar-refractivity contribution is 6.07. The fraction of sp³-hybridized carbons (Fsp3) is 0.389. The highest BCUT2D eigenvalue weighted by atomic mass is 16.4. The zero-order valence-electron chi connectivity index (χ0n) is 14.7. The number of piperidine rings is 1. The molecule has 1 saturated heterocycles. The molecular formula is C18H19N3O6. The lowest BCUT2D eigenvalue weighted by Gasteiger charge is -2.29. The third-order valence-corrected chi connectivity index (χ3v) is 4.69. The number of benzene rings is 1. The van der Waals surface area contributed by atoms with E-state index in [1.807, 2.05) is 0 Å². The quantitative estimate of drug-likeness (QED) is 0.624. The molecule has 3 N–H and O–H groups in total. The van der Waals surface area contributed by atoms with Crippen LogP contribution in [0.1, 0.15) is 52.5 Å². The fourth-order valence-corrected chi connectivity index (χ4v) is 3.41. The van der Waals surface area contributed by atoms with Gasteiger partial charge in [0.2, 0.25) is 11.8 Å². The number of rotatable bonds is 5. The van der Waals surface area contributed by atoms with E-state index in [1.54, 1.807) is 25.1 Å². The average molecular weight is 373 g/mol. The van der Waals surface area contributed by atoms with Crippen molar-refractivity contribution >= 4 is 29.6 Å². The van der Waals surface area contributed by atoms with Crippen LogP contribution < -0.4 is 10.6 Å². The Labute approximate surface area is 154 Å². The molecule has 2 heterocycles. The summed E-state index contributed by atoms with van der Waals surface area (Å²) in [5.74, 6) is -2.76. The molecule has 4 amide bonds. The molecule has 0 saturated carbocycles. The van der Waals surface area contributed by atoms with E-state index in [0.29, 0.717) is 11.1 Å². The number of nitrogens with zero attached hydrogens (tertiary/aromatic N) is 1. The van der Waals surface area contributed by atoms with Gasteiger partial charge in [-0.25, -0.2) is 0 Å². The maximum Gasteiger partial charge on any atom is 0.305 e. The SMILES string of the molecule is CC(CC(=O)O)NC(=O)c1cccc2c1CN(C1CCC(=O)NC1=O)C2=O. The molecule has 0 aliphatic carbocycles. The first-order valence-corrected chi connectivity index (χ1v) is 8.57. The first kappa shape index (κ1) is 18.6. The van der Waals surface area contributed by atoms with Crippen LogP contribution in [0.15, 0.2) is 18.2 Å². The van der Waals surface area contributed by atoms with E-state index < -0.39 is 29.9 Å². The molecule has 1 aromatic carbocycles. The number of carboxylic acid groups (broad SMARTS) is 1. The molecule has 27 heavy (non-hydrogen) atoms. The minimum absolute atomic E-state index is 0.0807. The van der Waals surface area contributed by atoms with Gasteiger partial charge in [0.05, 0.1) is 6.42 Å². The number of carboxylic acids is 1. The molecule has 2 unspecified atom stereocenters. The Morgan fingerprint density at radius 1 is 1.33 bits per heavy atom. The summed E-state index contributed by atoms with van der Waals surface area (Å²) in [6.45, 7) is 1.66. The van der Waals surface area contributed by atoms with E-state index in [-0.39, 0.29) is 43.2 Å². The number of amides is 4. The summed E-state index contributed by atoms with van der Waals surface area (Å²) in [6, 6.07) is 3.38. The molecule has 9 nitrogen and oxygen atoms in total. The molecular weight excluding hydrogens is 354 g/mol. The first-order chi connectivity index (χ1) is 12.8. The molecule has 2 aliphatic heterocycles. The van der Waals surface area contributed by atoms with Crippen LogP contribution in [0.3, 0.4) is 0 Å². The number of nitrogens with one attached hydrogen (secondary N) is 2. The van der Waals surface area contributed by atoms with E-state index in [2.05, 4.69) is 10.6 Å². The number of carbonyl (C=O) groups excluding carboxylic acids is 4. The summed E-state index contributed by atoms with van der Waals surface area (Å²) in [5.41, 5.74) is 1.10. The van der Waals surface area contributed by atoms with Crippen molar-refractivity contribution in [2.45, 2.75) is 44.8 Å². The van der Waals surface area contributed by atoms with Crippen molar-refractivity contribution in [1.29, 1.82) is 0 Å². The number of aliphatic carboxylic acids is 1. The van der Waals surface area contributed by atoms with Crippen LogP contribution in [0, 0.1) is 0 Å². The minimum Gasteiger partial charge on any atom is -0.481 e. The Morgan fingerprint density at radius 2 is 2.07 bits per heavy atom. The van der Waals surface area contributed by atoms with Crippen LogP contribution in [-0.4, -0.2) is 51.7 Å². The van der Waals surface area contributed by atoms with Crippen molar-refractivity contribution in [3.05, 3.63) is 34.9 Å². The number of fused-ring (bicyclic) bond motifs is 1. The molecule has 9 heteroatoms. The largest absolute Gasteiger partial charge is 0.481 e. The molecule has 0 radical (unpaired) electrons. The molecule has 1 aromatic rings. The van der Waals surface area contributed by atoms with Gasteiger partial charge >= 0.3 is 5.97 Å². The second-order valence-corrected chi connectivity index (χ2v) is 6.70. The molecule has 0 spiro atoms. The maximum atomic E-state index is 12.7. The third kappa shape index (κ3) is 3.67. The lowest BCUT2D eigenvalue weighted by Crippen LogP contribution is -2.52. The lowest BCUT2D eigenvalue weighted by atomic mass is 10.0. The van der Waals surface area contributed by atoms with Crippen molar-refractivity contribution in [2.75, 3.05) is 0 Å². The van der Waals surface area contributed by atoms with Gasteiger partial charge in [0.25, 0.3) is 11.8 Å². The Kier molecular flexibility index (Phi) is 4.93. The Bertz CT molecular complexity index is 849. The summed E-state index contributed by atoms with van der Waals surface area (Å²) in [6.07, 6.45) is 0.167. The predicted molar refractivity (Wildman–Crippen MR) is 91.7 cm³/mol. The van der Waals surface area contributed by atoms with Crippen molar-refractivity contribution < 1.29 is 29.1 Å². The predicted octanol–water partition coefficient (Wildman–Crippen LogP) is 0.0406. The number of carbonyl (C=O) groups is 5. The standard InChI is InChI=1S/C18H19N3O6/c1-9(7-15(23)24)19-16(25)10-3-2-4-11-12(10)8-21(18(11)27)13-5-6-14(22)20-17(13)26/h2-4,9,13H,5-8H2,1H3,(H,19,25)(H,23,24)(H,20,22,26).